The zero-order chi connectivity index (χ0) is 26.3. The van der Waals surface area contributed by atoms with E-state index in [0.717, 1.165) is 42.4 Å². The van der Waals surface area contributed by atoms with Crippen LogP contribution in [0.4, 0.5) is 10.3 Å². The average Bonchev–Trinajstić information content (AvgIpc) is 2.98. The minimum absolute atomic E-state index is 0.0653. The van der Waals surface area contributed by atoms with Crippen LogP contribution in [0.5, 0.6) is 5.88 Å². The van der Waals surface area contributed by atoms with Gasteiger partial charge < -0.3 is 14.8 Å². The predicted octanol–water partition coefficient (Wildman–Crippen LogP) is 6.07. The van der Waals surface area contributed by atoms with Gasteiger partial charge in [0.2, 0.25) is 11.8 Å². The Morgan fingerprint density at radius 1 is 0.921 bits per heavy atom. The molecule has 1 aliphatic rings. The highest BCUT2D eigenvalue weighted by Gasteiger charge is 2.27. The summed E-state index contributed by atoms with van der Waals surface area (Å²) in [6.07, 6.45) is 6.01. The zero-order valence-electron chi connectivity index (χ0n) is 21.1. The molecule has 0 aliphatic heterocycles. The van der Waals surface area contributed by atoms with Crippen molar-refractivity contribution < 1.29 is 18.7 Å². The Balaban J connectivity index is 1.26. The van der Waals surface area contributed by atoms with E-state index in [9.17, 15) is 9.18 Å². The van der Waals surface area contributed by atoms with Crippen molar-refractivity contribution in [2.75, 3.05) is 12.4 Å². The van der Waals surface area contributed by atoms with Crippen molar-refractivity contribution >= 4 is 11.9 Å². The normalized spacial score (nSPS) is 17.0. The molecule has 2 aromatic carbocycles. The van der Waals surface area contributed by atoms with Crippen molar-refractivity contribution in [1.82, 2.24) is 15.0 Å². The molecule has 0 atom stereocenters. The fraction of sp³-hybridized carbons (Fsp3) is 0.267. The van der Waals surface area contributed by atoms with Crippen LogP contribution in [-0.2, 0) is 16.1 Å². The van der Waals surface area contributed by atoms with Crippen LogP contribution >= 0.6 is 0 Å². The molecule has 194 valence electrons. The van der Waals surface area contributed by atoms with Crippen LogP contribution in [0.1, 0.15) is 31.2 Å². The monoisotopic (exact) mass is 512 g/mol. The highest BCUT2D eigenvalue weighted by atomic mass is 19.1. The first-order chi connectivity index (χ1) is 18.6. The van der Waals surface area contributed by atoms with Gasteiger partial charge in [-0.05, 0) is 48.9 Å². The van der Waals surface area contributed by atoms with Gasteiger partial charge >= 0.3 is 5.97 Å². The van der Waals surface area contributed by atoms with Gasteiger partial charge in [0, 0.05) is 29.4 Å². The van der Waals surface area contributed by atoms with E-state index >= 15 is 0 Å². The minimum Gasteiger partial charge on any atom is -0.473 e. The van der Waals surface area contributed by atoms with Crippen LogP contribution in [0.15, 0.2) is 79.1 Å². The Kier molecular flexibility index (Phi) is 7.87. The number of hydrogen-bond donors (Lipinski definition) is 1. The molecule has 38 heavy (non-hydrogen) atoms. The molecule has 0 bridgehead atoms. The molecule has 1 fully saturated rings. The number of carbonyl (C=O) groups is 1. The van der Waals surface area contributed by atoms with Crippen LogP contribution in [0.3, 0.4) is 0 Å². The van der Waals surface area contributed by atoms with Crippen molar-refractivity contribution in [3.63, 3.8) is 0 Å². The molecular weight excluding hydrogens is 483 g/mol. The quantitative estimate of drug-likeness (QED) is 0.287. The Morgan fingerprint density at radius 3 is 2.45 bits per heavy atom. The van der Waals surface area contributed by atoms with Gasteiger partial charge in [0.05, 0.1) is 19.2 Å². The summed E-state index contributed by atoms with van der Waals surface area (Å²) < 4.78 is 25.4. The predicted molar refractivity (Wildman–Crippen MR) is 143 cm³/mol. The first kappa shape index (κ1) is 25.3. The van der Waals surface area contributed by atoms with Gasteiger partial charge in [-0.1, -0.05) is 48.5 Å². The van der Waals surface area contributed by atoms with Crippen LogP contribution in [0.2, 0.25) is 0 Å². The standard InChI is InChI=1S/C30H29FN4O3/c1-37-29(36)21-10-13-25(14-11-21)34-30-33-18-26(31)28(35-30)23-9-5-8-22(16-23)24-12-15-27(32-17-24)38-19-20-6-3-2-4-7-20/h2-9,12,15-18,21,25H,10-11,13-14,19H2,1H3,(H,33,34,35)/t21-,25-. The number of aromatic nitrogens is 3. The van der Waals surface area contributed by atoms with Crippen LogP contribution in [0, 0.1) is 11.7 Å². The van der Waals surface area contributed by atoms with Gasteiger partial charge in [-0.15, -0.1) is 0 Å². The summed E-state index contributed by atoms with van der Waals surface area (Å²) >= 11 is 0. The SMILES string of the molecule is COC(=O)[C@H]1CC[C@H](Nc2ncc(F)c(-c3cccc(-c4ccc(OCc5ccccc5)nc4)c3)n2)CC1. The first-order valence-corrected chi connectivity index (χ1v) is 12.7. The van der Waals surface area contributed by atoms with Crippen molar-refractivity contribution in [1.29, 1.82) is 0 Å². The fourth-order valence-corrected chi connectivity index (χ4v) is 4.68. The number of esters is 1. The van der Waals surface area contributed by atoms with E-state index in [4.69, 9.17) is 9.47 Å². The van der Waals surface area contributed by atoms with Crippen molar-refractivity contribution in [2.45, 2.75) is 38.3 Å². The third kappa shape index (κ3) is 6.14. The maximum Gasteiger partial charge on any atom is 0.308 e. The lowest BCUT2D eigenvalue weighted by Gasteiger charge is -2.27. The van der Waals surface area contributed by atoms with Gasteiger partial charge in [0.25, 0.3) is 0 Å². The number of anilines is 1. The smallest absolute Gasteiger partial charge is 0.308 e. The zero-order valence-corrected chi connectivity index (χ0v) is 21.1. The van der Waals surface area contributed by atoms with Crippen molar-refractivity contribution in [2.24, 2.45) is 5.92 Å². The van der Waals surface area contributed by atoms with Crippen LogP contribution in [0.25, 0.3) is 22.4 Å². The maximum atomic E-state index is 14.8. The Bertz CT molecular complexity index is 1370. The fourth-order valence-electron chi connectivity index (χ4n) is 4.68. The molecule has 1 saturated carbocycles. The number of benzene rings is 2. The molecule has 0 unspecified atom stereocenters. The average molecular weight is 513 g/mol. The highest BCUT2D eigenvalue weighted by molar-refractivity contribution is 5.73. The molecule has 1 N–H and O–H groups in total. The molecule has 4 aromatic rings. The van der Waals surface area contributed by atoms with Crippen molar-refractivity contribution in [3.05, 3.63) is 90.5 Å². The van der Waals surface area contributed by atoms with E-state index in [1.165, 1.54) is 13.3 Å². The van der Waals surface area contributed by atoms with E-state index in [2.05, 4.69) is 20.3 Å². The lowest BCUT2D eigenvalue weighted by Crippen LogP contribution is -2.30. The van der Waals surface area contributed by atoms with Crippen LogP contribution < -0.4 is 10.1 Å². The summed E-state index contributed by atoms with van der Waals surface area (Å²) in [5.41, 5.74) is 3.71. The second kappa shape index (κ2) is 11.8. The van der Waals surface area contributed by atoms with Gasteiger partial charge in [-0.2, -0.15) is 0 Å². The number of halogens is 1. The summed E-state index contributed by atoms with van der Waals surface area (Å²) in [4.78, 5) is 24.8. The second-order valence-electron chi connectivity index (χ2n) is 9.35. The van der Waals surface area contributed by atoms with Gasteiger partial charge in [0.1, 0.15) is 12.3 Å². The molecule has 7 nitrogen and oxygen atoms in total. The Labute approximate surface area is 221 Å². The molecule has 0 spiro atoms. The second-order valence-corrected chi connectivity index (χ2v) is 9.35. The highest BCUT2D eigenvalue weighted by Crippen LogP contribution is 2.30. The number of carbonyl (C=O) groups excluding carboxylic acids is 1. The molecule has 5 rings (SSSR count). The minimum atomic E-state index is -0.495. The number of rotatable bonds is 8. The van der Waals surface area contributed by atoms with E-state index in [-0.39, 0.29) is 23.6 Å². The largest absolute Gasteiger partial charge is 0.473 e. The molecule has 0 radical (unpaired) electrons. The molecule has 8 heteroatoms. The number of methoxy groups -OCH3 is 1. The Hall–Kier alpha value is -4.33. The third-order valence-corrected chi connectivity index (χ3v) is 6.77. The summed E-state index contributed by atoms with van der Waals surface area (Å²) in [5, 5.41) is 3.31. The maximum absolute atomic E-state index is 14.8. The van der Waals surface area contributed by atoms with Gasteiger partial charge in [-0.25, -0.2) is 19.3 Å². The molecule has 0 saturated heterocycles. The molecule has 2 aromatic heterocycles. The number of ether oxygens (including phenoxy) is 2. The first-order valence-electron chi connectivity index (χ1n) is 12.7. The summed E-state index contributed by atoms with van der Waals surface area (Å²) in [6, 6.07) is 21.3. The van der Waals surface area contributed by atoms with E-state index in [1.54, 1.807) is 6.20 Å². The van der Waals surface area contributed by atoms with Gasteiger partial charge in [0.15, 0.2) is 5.82 Å². The summed E-state index contributed by atoms with van der Waals surface area (Å²) in [7, 11) is 1.42. The summed E-state index contributed by atoms with van der Waals surface area (Å²) in [5.74, 6) is 0.185. The lowest BCUT2D eigenvalue weighted by atomic mass is 9.86. The summed E-state index contributed by atoms with van der Waals surface area (Å²) in [6.45, 7) is 0.443. The number of nitrogens with zero attached hydrogens (tertiary/aromatic N) is 3. The number of hydrogen-bond acceptors (Lipinski definition) is 7. The number of pyridine rings is 1. The van der Waals surface area contributed by atoms with Gasteiger partial charge in [-0.3, -0.25) is 4.79 Å². The lowest BCUT2D eigenvalue weighted by molar-refractivity contribution is -0.146. The van der Waals surface area contributed by atoms with Crippen molar-refractivity contribution in [3.8, 4) is 28.3 Å². The Morgan fingerprint density at radius 2 is 1.71 bits per heavy atom. The number of nitrogens with one attached hydrogen (secondary N) is 1. The van der Waals surface area contributed by atoms with E-state index < -0.39 is 5.82 Å². The van der Waals surface area contributed by atoms with Crippen LogP contribution in [-0.4, -0.2) is 34.1 Å². The molecule has 0 amide bonds. The molecule has 1 aliphatic carbocycles. The third-order valence-electron chi connectivity index (χ3n) is 6.77. The topological polar surface area (TPSA) is 86.2 Å². The molecular formula is C30H29FN4O3. The molecule has 2 heterocycles. The van der Waals surface area contributed by atoms with E-state index in [1.807, 2.05) is 66.7 Å². The van der Waals surface area contributed by atoms with E-state index in [0.29, 0.717) is 24.0 Å².